The van der Waals surface area contributed by atoms with Crippen molar-refractivity contribution in [2.45, 2.75) is 25.8 Å². The van der Waals surface area contributed by atoms with Crippen molar-refractivity contribution >= 4 is 5.91 Å². The number of nitrogens with two attached hydrogens (primary N) is 1. The van der Waals surface area contributed by atoms with E-state index in [1.165, 1.54) is 0 Å². The summed E-state index contributed by atoms with van der Waals surface area (Å²) in [6.07, 6.45) is 1.75. The fourth-order valence-corrected chi connectivity index (χ4v) is 1.80. The largest absolute Gasteiger partial charge is 0.381 e. The molecule has 1 unspecified atom stereocenters. The summed E-state index contributed by atoms with van der Waals surface area (Å²) >= 11 is 0. The lowest BCUT2D eigenvalue weighted by Gasteiger charge is -2.26. The molecule has 1 fully saturated rings. The van der Waals surface area contributed by atoms with Gasteiger partial charge in [-0.15, -0.1) is 0 Å². The van der Waals surface area contributed by atoms with Gasteiger partial charge in [0.15, 0.2) is 0 Å². The van der Waals surface area contributed by atoms with Gasteiger partial charge in [0.2, 0.25) is 5.91 Å². The van der Waals surface area contributed by atoms with Crippen molar-refractivity contribution < 1.29 is 14.3 Å². The van der Waals surface area contributed by atoms with Crippen LogP contribution < -0.4 is 11.1 Å². The summed E-state index contributed by atoms with van der Waals surface area (Å²) in [4.78, 5) is 11.7. The second kappa shape index (κ2) is 7.60. The molecule has 1 amide bonds. The average molecular weight is 230 g/mol. The third-order valence-electron chi connectivity index (χ3n) is 2.83. The van der Waals surface area contributed by atoms with Crippen LogP contribution in [0, 0.1) is 5.92 Å². The van der Waals surface area contributed by atoms with Gasteiger partial charge in [-0.2, -0.15) is 0 Å². The first kappa shape index (κ1) is 13.4. The number of carbonyl (C=O) groups excluding carboxylic acids is 1. The van der Waals surface area contributed by atoms with E-state index in [-0.39, 0.29) is 11.8 Å². The number of hydrogen-bond donors (Lipinski definition) is 2. The minimum atomic E-state index is -0.412. The Hall–Kier alpha value is -0.650. The quantitative estimate of drug-likeness (QED) is 0.625. The first-order chi connectivity index (χ1) is 7.75. The fourth-order valence-electron chi connectivity index (χ4n) is 1.80. The molecule has 1 atom stereocenters. The molecule has 1 rings (SSSR count). The van der Waals surface area contributed by atoms with Crippen molar-refractivity contribution in [2.75, 3.05) is 33.0 Å². The van der Waals surface area contributed by atoms with Crippen LogP contribution in [0.4, 0.5) is 0 Å². The van der Waals surface area contributed by atoms with Crippen molar-refractivity contribution in [2.24, 2.45) is 11.7 Å². The maximum absolute atomic E-state index is 11.7. The molecule has 0 aromatic heterocycles. The Morgan fingerprint density at radius 3 is 2.88 bits per heavy atom. The van der Waals surface area contributed by atoms with E-state index in [9.17, 15) is 4.79 Å². The zero-order chi connectivity index (χ0) is 11.8. The minimum Gasteiger partial charge on any atom is -0.381 e. The molecule has 0 aromatic carbocycles. The van der Waals surface area contributed by atoms with E-state index >= 15 is 0 Å². The highest BCUT2D eigenvalue weighted by molar-refractivity contribution is 5.81. The van der Waals surface area contributed by atoms with Gasteiger partial charge in [-0.3, -0.25) is 4.79 Å². The normalized spacial score (nSPS) is 19.4. The van der Waals surface area contributed by atoms with E-state index in [4.69, 9.17) is 15.2 Å². The van der Waals surface area contributed by atoms with Crippen molar-refractivity contribution in [1.29, 1.82) is 0 Å². The van der Waals surface area contributed by atoms with Crippen LogP contribution in [-0.2, 0) is 14.3 Å². The number of carbonyl (C=O) groups is 1. The van der Waals surface area contributed by atoms with Gasteiger partial charge in [0.25, 0.3) is 0 Å². The van der Waals surface area contributed by atoms with Crippen LogP contribution in [0.3, 0.4) is 0 Å². The van der Waals surface area contributed by atoms with Gasteiger partial charge >= 0.3 is 0 Å². The van der Waals surface area contributed by atoms with Crippen molar-refractivity contribution in [3.63, 3.8) is 0 Å². The molecular weight excluding hydrogens is 208 g/mol. The van der Waals surface area contributed by atoms with E-state index < -0.39 is 6.04 Å². The number of rotatable bonds is 6. The number of ether oxygens (including phenoxy) is 2. The summed E-state index contributed by atoms with van der Waals surface area (Å²) in [5, 5.41) is 2.78. The van der Waals surface area contributed by atoms with Gasteiger partial charge in [-0.25, -0.2) is 0 Å². The highest BCUT2D eigenvalue weighted by Crippen LogP contribution is 2.17. The van der Waals surface area contributed by atoms with E-state index in [2.05, 4.69) is 5.32 Å². The first-order valence-electron chi connectivity index (χ1n) is 5.94. The Morgan fingerprint density at radius 2 is 2.25 bits per heavy atom. The maximum atomic E-state index is 11.7. The van der Waals surface area contributed by atoms with Crippen LogP contribution in [0.15, 0.2) is 0 Å². The maximum Gasteiger partial charge on any atom is 0.237 e. The molecule has 1 heterocycles. The third-order valence-corrected chi connectivity index (χ3v) is 2.83. The average Bonchev–Trinajstić information content (AvgIpc) is 2.34. The van der Waals surface area contributed by atoms with E-state index in [1.807, 2.05) is 6.92 Å². The molecule has 1 saturated heterocycles. The predicted octanol–water partition coefficient (Wildman–Crippen LogP) is -0.107. The molecular formula is C11H22N2O3. The second-order valence-corrected chi connectivity index (χ2v) is 3.96. The first-order valence-corrected chi connectivity index (χ1v) is 5.94. The zero-order valence-electron chi connectivity index (χ0n) is 9.91. The van der Waals surface area contributed by atoms with Gasteiger partial charge in [0.05, 0.1) is 12.6 Å². The lowest BCUT2D eigenvalue weighted by Crippen LogP contribution is -2.47. The third kappa shape index (κ3) is 4.47. The Morgan fingerprint density at radius 1 is 1.56 bits per heavy atom. The highest BCUT2D eigenvalue weighted by Gasteiger charge is 2.26. The lowest BCUT2D eigenvalue weighted by molar-refractivity contribution is -0.124. The molecule has 94 valence electrons. The lowest BCUT2D eigenvalue weighted by atomic mass is 9.92. The zero-order valence-corrected chi connectivity index (χ0v) is 9.91. The number of nitrogens with one attached hydrogen (secondary N) is 1. The molecule has 0 aliphatic carbocycles. The molecule has 0 radical (unpaired) electrons. The van der Waals surface area contributed by atoms with Crippen LogP contribution in [0.5, 0.6) is 0 Å². The summed E-state index contributed by atoms with van der Waals surface area (Å²) in [5.41, 5.74) is 5.90. The molecule has 0 bridgehead atoms. The number of hydrogen-bond acceptors (Lipinski definition) is 4. The summed E-state index contributed by atoms with van der Waals surface area (Å²) in [7, 11) is 0. The van der Waals surface area contributed by atoms with Gasteiger partial charge in [-0.05, 0) is 25.7 Å². The van der Waals surface area contributed by atoms with E-state index in [1.54, 1.807) is 0 Å². The molecule has 0 aromatic rings. The summed E-state index contributed by atoms with van der Waals surface area (Å²) in [6, 6.07) is -0.412. The standard InChI is InChI=1S/C11H22N2O3/c1-2-15-8-5-13-11(14)10(12)9-3-6-16-7-4-9/h9-10H,2-8,12H2,1H3,(H,13,14). The molecule has 0 spiro atoms. The van der Waals surface area contributed by atoms with Crippen molar-refractivity contribution in [3.05, 3.63) is 0 Å². The van der Waals surface area contributed by atoms with Crippen LogP contribution >= 0.6 is 0 Å². The van der Waals surface area contributed by atoms with E-state index in [0.717, 1.165) is 12.8 Å². The smallest absolute Gasteiger partial charge is 0.237 e. The van der Waals surface area contributed by atoms with Crippen molar-refractivity contribution in [1.82, 2.24) is 5.32 Å². The molecule has 0 saturated carbocycles. The van der Waals surface area contributed by atoms with Gasteiger partial charge in [-0.1, -0.05) is 0 Å². The Balaban J connectivity index is 2.18. The molecule has 5 heteroatoms. The molecule has 3 N–H and O–H groups in total. The summed E-state index contributed by atoms with van der Waals surface area (Å²) in [5.74, 6) is 0.174. The summed E-state index contributed by atoms with van der Waals surface area (Å²) in [6.45, 7) is 5.10. The minimum absolute atomic E-state index is 0.0772. The van der Waals surface area contributed by atoms with Crippen LogP contribution in [0.2, 0.25) is 0 Å². The molecule has 5 nitrogen and oxygen atoms in total. The van der Waals surface area contributed by atoms with Gasteiger partial charge in [0.1, 0.15) is 0 Å². The summed E-state index contributed by atoms with van der Waals surface area (Å²) < 4.78 is 10.4. The Bertz CT molecular complexity index is 205. The predicted molar refractivity (Wildman–Crippen MR) is 61.0 cm³/mol. The van der Waals surface area contributed by atoms with Gasteiger partial charge < -0.3 is 20.5 Å². The van der Waals surface area contributed by atoms with Crippen LogP contribution in [-0.4, -0.2) is 44.9 Å². The second-order valence-electron chi connectivity index (χ2n) is 3.96. The number of amides is 1. The van der Waals surface area contributed by atoms with Crippen LogP contribution in [0.1, 0.15) is 19.8 Å². The van der Waals surface area contributed by atoms with Crippen LogP contribution in [0.25, 0.3) is 0 Å². The SMILES string of the molecule is CCOCCNC(=O)C(N)C1CCOCC1. The Labute approximate surface area is 96.7 Å². The van der Waals surface area contributed by atoms with Crippen molar-refractivity contribution in [3.8, 4) is 0 Å². The van der Waals surface area contributed by atoms with E-state index in [0.29, 0.717) is 33.0 Å². The highest BCUT2D eigenvalue weighted by atomic mass is 16.5. The fraction of sp³-hybridized carbons (Fsp3) is 0.909. The Kier molecular flexibility index (Phi) is 6.37. The topological polar surface area (TPSA) is 73.6 Å². The van der Waals surface area contributed by atoms with Gasteiger partial charge in [0, 0.05) is 26.4 Å². The molecule has 16 heavy (non-hydrogen) atoms. The molecule has 1 aliphatic rings. The molecule has 1 aliphatic heterocycles. The monoisotopic (exact) mass is 230 g/mol.